The van der Waals surface area contributed by atoms with Crippen LogP contribution in [0.3, 0.4) is 0 Å². The topological polar surface area (TPSA) is 47.9 Å². The molecule has 92 valence electrons. The Bertz CT molecular complexity index is 251. The SMILES string of the molecule is C#CCO[C@@H]1CC(OC(C)(C)C)[C@@H](CO)O1. The van der Waals surface area contributed by atoms with Gasteiger partial charge in [-0.1, -0.05) is 5.92 Å². The van der Waals surface area contributed by atoms with Gasteiger partial charge in [0.25, 0.3) is 0 Å². The zero-order valence-electron chi connectivity index (χ0n) is 10.1. The van der Waals surface area contributed by atoms with Gasteiger partial charge in [0.05, 0.1) is 18.3 Å². The Kier molecular flexibility index (Phi) is 4.75. The number of hydrogen-bond acceptors (Lipinski definition) is 4. The first-order valence-corrected chi connectivity index (χ1v) is 5.45. The summed E-state index contributed by atoms with van der Waals surface area (Å²) in [6.07, 6.45) is 4.85. The zero-order valence-corrected chi connectivity index (χ0v) is 10.1. The molecule has 1 saturated heterocycles. The van der Waals surface area contributed by atoms with Crippen LogP contribution in [0.5, 0.6) is 0 Å². The van der Waals surface area contributed by atoms with Crippen molar-refractivity contribution in [1.82, 2.24) is 0 Å². The van der Waals surface area contributed by atoms with Gasteiger partial charge in [0.1, 0.15) is 12.7 Å². The predicted octanol–water partition coefficient (Wildman–Crippen LogP) is 0.927. The number of ether oxygens (including phenoxy) is 3. The van der Waals surface area contributed by atoms with E-state index in [0.717, 1.165) is 0 Å². The molecule has 1 N–H and O–H groups in total. The number of hydrogen-bond donors (Lipinski definition) is 1. The molecule has 16 heavy (non-hydrogen) atoms. The highest BCUT2D eigenvalue weighted by Gasteiger charge is 2.38. The van der Waals surface area contributed by atoms with Gasteiger partial charge in [0, 0.05) is 6.42 Å². The van der Waals surface area contributed by atoms with Gasteiger partial charge < -0.3 is 19.3 Å². The molecule has 1 aliphatic rings. The second-order valence-electron chi connectivity index (χ2n) is 4.81. The molecule has 0 radical (unpaired) electrons. The molecule has 0 aliphatic carbocycles. The van der Waals surface area contributed by atoms with E-state index in [9.17, 15) is 5.11 Å². The molecule has 1 fully saturated rings. The Labute approximate surface area is 96.9 Å². The van der Waals surface area contributed by atoms with E-state index in [1.54, 1.807) is 0 Å². The molecule has 4 nitrogen and oxygen atoms in total. The minimum atomic E-state index is -0.374. The lowest BCUT2D eigenvalue weighted by atomic mass is 10.1. The van der Waals surface area contributed by atoms with Crippen LogP contribution < -0.4 is 0 Å². The second kappa shape index (κ2) is 5.65. The van der Waals surface area contributed by atoms with E-state index in [4.69, 9.17) is 20.6 Å². The molecule has 1 aliphatic heterocycles. The van der Waals surface area contributed by atoms with Crippen LogP contribution in [-0.4, -0.2) is 42.4 Å². The van der Waals surface area contributed by atoms with Crippen LogP contribution in [0, 0.1) is 12.3 Å². The lowest BCUT2D eigenvalue weighted by Crippen LogP contribution is -2.34. The van der Waals surface area contributed by atoms with Crippen LogP contribution in [0.4, 0.5) is 0 Å². The van der Waals surface area contributed by atoms with Crippen molar-refractivity contribution in [3.63, 3.8) is 0 Å². The zero-order chi connectivity index (χ0) is 12.2. The first kappa shape index (κ1) is 13.5. The van der Waals surface area contributed by atoms with Crippen molar-refractivity contribution in [3.8, 4) is 12.3 Å². The largest absolute Gasteiger partial charge is 0.394 e. The van der Waals surface area contributed by atoms with Gasteiger partial charge in [-0.2, -0.15) is 0 Å². The first-order chi connectivity index (χ1) is 7.46. The van der Waals surface area contributed by atoms with E-state index in [2.05, 4.69) is 5.92 Å². The maximum absolute atomic E-state index is 9.18. The number of aliphatic hydroxyl groups excluding tert-OH is 1. The normalized spacial score (nSPS) is 30.3. The lowest BCUT2D eigenvalue weighted by Gasteiger charge is -2.26. The molecule has 3 atom stereocenters. The van der Waals surface area contributed by atoms with E-state index in [1.807, 2.05) is 20.8 Å². The van der Waals surface area contributed by atoms with Crippen LogP contribution in [0.1, 0.15) is 27.2 Å². The maximum Gasteiger partial charge on any atom is 0.162 e. The second-order valence-corrected chi connectivity index (χ2v) is 4.81. The van der Waals surface area contributed by atoms with Gasteiger partial charge >= 0.3 is 0 Å². The molecular weight excluding hydrogens is 208 g/mol. The molecule has 1 heterocycles. The molecule has 0 spiro atoms. The molecule has 1 unspecified atom stereocenters. The summed E-state index contributed by atoms with van der Waals surface area (Å²) in [5.41, 5.74) is -0.261. The molecule has 0 bridgehead atoms. The van der Waals surface area contributed by atoms with Gasteiger partial charge in [-0.25, -0.2) is 0 Å². The van der Waals surface area contributed by atoms with Crippen LogP contribution in [0.25, 0.3) is 0 Å². The number of terminal acetylenes is 1. The summed E-state index contributed by atoms with van der Waals surface area (Å²) in [6, 6.07) is 0. The molecule has 0 amide bonds. The van der Waals surface area contributed by atoms with Gasteiger partial charge in [-0.05, 0) is 20.8 Å². The maximum atomic E-state index is 9.18. The Hall–Kier alpha value is -0.600. The monoisotopic (exact) mass is 228 g/mol. The van der Waals surface area contributed by atoms with E-state index >= 15 is 0 Å². The van der Waals surface area contributed by atoms with Gasteiger partial charge in [-0.15, -0.1) is 6.42 Å². The average Bonchev–Trinajstić information content (AvgIpc) is 2.54. The Balaban J connectivity index is 2.48. The molecule has 0 saturated carbocycles. The van der Waals surface area contributed by atoms with Crippen molar-refractivity contribution in [2.45, 2.75) is 51.3 Å². The summed E-state index contributed by atoms with van der Waals surface area (Å²) in [5, 5.41) is 9.18. The quantitative estimate of drug-likeness (QED) is 0.727. The van der Waals surface area contributed by atoms with Crippen molar-refractivity contribution in [2.75, 3.05) is 13.2 Å². The van der Waals surface area contributed by atoms with E-state index in [1.165, 1.54) is 0 Å². The summed E-state index contributed by atoms with van der Waals surface area (Å²) in [4.78, 5) is 0. The van der Waals surface area contributed by atoms with E-state index in [0.29, 0.717) is 6.42 Å². The third-order valence-electron chi connectivity index (χ3n) is 2.20. The van der Waals surface area contributed by atoms with E-state index < -0.39 is 0 Å². The Morgan fingerprint density at radius 2 is 2.19 bits per heavy atom. The van der Waals surface area contributed by atoms with Crippen LogP contribution in [-0.2, 0) is 14.2 Å². The molecule has 0 aromatic carbocycles. The molecule has 0 aromatic heterocycles. The molecular formula is C12H20O4. The van der Waals surface area contributed by atoms with Crippen molar-refractivity contribution < 1.29 is 19.3 Å². The summed E-state index contributed by atoms with van der Waals surface area (Å²) in [5.74, 6) is 2.38. The molecule has 1 rings (SSSR count). The van der Waals surface area contributed by atoms with Crippen LogP contribution in [0.15, 0.2) is 0 Å². The van der Waals surface area contributed by atoms with E-state index in [-0.39, 0.29) is 37.3 Å². The standard InChI is InChI=1S/C12H20O4/c1-5-6-14-11-7-9(10(8-13)15-11)16-12(2,3)4/h1,9-11,13H,6-8H2,2-4H3/t9?,10-,11+/m1/s1. The fourth-order valence-corrected chi connectivity index (χ4v) is 1.67. The highest BCUT2D eigenvalue weighted by molar-refractivity contribution is 4.86. The Morgan fingerprint density at radius 3 is 2.69 bits per heavy atom. The Morgan fingerprint density at radius 1 is 1.50 bits per heavy atom. The van der Waals surface area contributed by atoms with Crippen molar-refractivity contribution in [2.24, 2.45) is 0 Å². The smallest absolute Gasteiger partial charge is 0.162 e. The van der Waals surface area contributed by atoms with Crippen molar-refractivity contribution in [3.05, 3.63) is 0 Å². The van der Waals surface area contributed by atoms with Crippen molar-refractivity contribution >= 4 is 0 Å². The number of aliphatic hydroxyl groups is 1. The third kappa shape index (κ3) is 4.11. The van der Waals surface area contributed by atoms with Crippen molar-refractivity contribution in [1.29, 1.82) is 0 Å². The first-order valence-electron chi connectivity index (χ1n) is 5.45. The minimum absolute atomic E-state index is 0.0728. The molecule has 0 aromatic rings. The lowest BCUT2D eigenvalue weighted by molar-refractivity contribution is -0.144. The third-order valence-corrected chi connectivity index (χ3v) is 2.20. The summed E-state index contributed by atoms with van der Waals surface area (Å²) < 4.78 is 16.6. The summed E-state index contributed by atoms with van der Waals surface area (Å²) >= 11 is 0. The minimum Gasteiger partial charge on any atom is -0.394 e. The van der Waals surface area contributed by atoms with Crippen LogP contribution in [0.2, 0.25) is 0 Å². The summed E-state index contributed by atoms with van der Waals surface area (Å²) in [6.45, 7) is 6.05. The highest BCUT2D eigenvalue weighted by Crippen LogP contribution is 2.27. The fraction of sp³-hybridized carbons (Fsp3) is 0.833. The average molecular weight is 228 g/mol. The highest BCUT2D eigenvalue weighted by atomic mass is 16.7. The van der Waals surface area contributed by atoms with Gasteiger partial charge in [-0.3, -0.25) is 0 Å². The van der Waals surface area contributed by atoms with Crippen LogP contribution >= 0.6 is 0 Å². The van der Waals surface area contributed by atoms with Gasteiger partial charge in [0.15, 0.2) is 6.29 Å². The fourth-order valence-electron chi connectivity index (χ4n) is 1.67. The number of rotatable bonds is 4. The predicted molar refractivity (Wildman–Crippen MR) is 59.8 cm³/mol. The molecule has 4 heteroatoms. The van der Waals surface area contributed by atoms with Gasteiger partial charge in [0.2, 0.25) is 0 Å². The summed E-state index contributed by atoms with van der Waals surface area (Å²) in [7, 11) is 0.